The number of fused-ring (bicyclic) bond motifs is 1. The van der Waals surface area contributed by atoms with E-state index in [-0.39, 0.29) is 16.9 Å². The number of H-pyrrole nitrogens is 1. The fraction of sp³-hybridized carbons (Fsp3) is 0.200. The van der Waals surface area contributed by atoms with Crippen LogP contribution in [-0.4, -0.2) is 30.2 Å². The molecular formula is C15H15N7O4. The van der Waals surface area contributed by atoms with Crippen LogP contribution in [0.1, 0.15) is 12.5 Å². The van der Waals surface area contributed by atoms with Gasteiger partial charge in [-0.3, -0.25) is 24.5 Å². The second-order valence-electron chi connectivity index (χ2n) is 5.39. The molecule has 0 unspecified atom stereocenters. The monoisotopic (exact) mass is 357 g/mol. The Morgan fingerprint density at radius 1 is 1.35 bits per heavy atom. The molecule has 2 aromatic heterocycles. The van der Waals surface area contributed by atoms with Gasteiger partial charge in [0.15, 0.2) is 11.2 Å². The van der Waals surface area contributed by atoms with Crippen LogP contribution >= 0.6 is 0 Å². The fourth-order valence-corrected chi connectivity index (χ4v) is 2.47. The molecule has 0 bridgehead atoms. The lowest BCUT2D eigenvalue weighted by molar-refractivity contribution is -0.384. The maximum Gasteiger partial charge on any atom is 0.329 e. The third-order valence-corrected chi connectivity index (χ3v) is 3.81. The number of anilines is 1. The van der Waals surface area contributed by atoms with E-state index in [1.165, 1.54) is 30.0 Å². The minimum absolute atomic E-state index is 0.0111. The first-order chi connectivity index (χ1) is 12.4. The molecule has 0 aliphatic heterocycles. The molecule has 0 aliphatic rings. The third kappa shape index (κ3) is 2.97. The second-order valence-corrected chi connectivity index (χ2v) is 5.39. The molecule has 0 aliphatic carbocycles. The van der Waals surface area contributed by atoms with Crippen LogP contribution in [0.5, 0.6) is 0 Å². The molecule has 2 N–H and O–H groups in total. The van der Waals surface area contributed by atoms with Crippen molar-refractivity contribution < 1.29 is 4.92 Å². The largest absolute Gasteiger partial charge is 0.329 e. The molecule has 3 rings (SSSR count). The number of non-ortho nitro benzene ring substituents is 1. The summed E-state index contributed by atoms with van der Waals surface area (Å²) in [7, 11) is 1.51. The molecule has 0 atom stereocenters. The number of benzene rings is 1. The van der Waals surface area contributed by atoms with E-state index < -0.39 is 16.2 Å². The SMILES string of the molecule is CCn1c(N/N=C/c2ccc([N+](=O)[O-])cc2)nc2c1c(=O)[nH]c(=O)n2C. The fourth-order valence-electron chi connectivity index (χ4n) is 2.47. The number of nitro benzene ring substituents is 1. The maximum atomic E-state index is 12.1. The van der Waals surface area contributed by atoms with Gasteiger partial charge in [0.25, 0.3) is 11.2 Å². The first kappa shape index (κ1) is 17.1. The van der Waals surface area contributed by atoms with Crippen molar-refractivity contribution in [2.45, 2.75) is 13.5 Å². The van der Waals surface area contributed by atoms with Gasteiger partial charge in [-0.05, 0) is 24.6 Å². The molecular weight excluding hydrogens is 342 g/mol. The standard InChI is InChI=1S/C15H15N7O4/c1-3-21-11-12(20(2)15(24)18-13(11)23)17-14(21)19-16-8-9-4-6-10(7-5-9)22(25)26/h4-8H,3H2,1-2H3,(H,17,19)(H,18,23,24)/b16-8+. The number of nitrogens with zero attached hydrogens (tertiary/aromatic N) is 5. The number of aromatic amines is 1. The number of nitro groups is 1. The molecule has 1 aromatic carbocycles. The zero-order valence-electron chi connectivity index (χ0n) is 14.0. The number of nitrogens with one attached hydrogen (secondary N) is 2. The number of imidazole rings is 1. The van der Waals surface area contributed by atoms with Crippen molar-refractivity contribution in [2.75, 3.05) is 5.43 Å². The van der Waals surface area contributed by atoms with Crippen molar-refractivity contribution in [1.82, 2.24) is 19.1 Å². The van der Waals surface area contributed by atoms with Crippen LogP contribution in [0.15, 0.2) is 39.0 Å². The minimum atomic E-state index is -0.552. The summed E-state index contributed by atoms with van der Waals surface area (Å²) in [6.45, 7) is 2.27. The van der Waals surface area contributed by atoms with Gasteiger partial charge in [-0.15, -0.1) is 0 Å². The van der Waals surface area contributed by atoms with Gasteiger partial charge in [0.05, 0.1) is 11.1 Å². The molecule has 0 radical (unpaired) electrons. The number of aryl methyl sites for hydroxylation is 2. The van der Waals surface area contributed by atoms with Crippen molar-refractivity contribution in [2.24, 2.45) is 12.1 Å². The van der Waals surface area contributed by atoms with Crippen LogP contribution in [-0.2, 0) is 13.6 Å². The number of aromatic nitrogens is 4. The van der Waals surface area contributed by atoms with Crippen LogP contribution in [0.3, 0.4) is 0 Å². The average Bonchev–Trinajstić information content (AvgIpc) is 2.99. The van der Waals surface area contributed by atoms with Crippen LogP contribution in [0.2, 0.25) is 0 Å². The van der Waals surface area contributed by atoms with Crippen LogP contribution in [0.4, 0.5) is 11.6 Å². The van der Waals surface area contributed by atoms with E-state index in [2.05, 4.69) is 20.5 Å². The van der Waals surface area contributed by atoms with Crippen LogP contribution < -0.4 is 16.7 Å². The number of hydrogen-bond acceptors (Lipinski definition) is 7. The highest BCUT2D eigenvalue weighted by Gasteiger charge is 2.15. The van der Waals surface area contributed by atoms with Crippen LogP contribution in [0.25, 0.3) is 11.2 Å². The Labute approximate surface area is 145 Å². The Morgan fingerprint density at radius 2 is 2.04 bits per heavy atom. The Hall–Kier alpha value is -3.76. The Balaban J connectivity index is 1.92. The number of rotatable bonds is 5. The molecule has 0 saturated carbocycles. The van der Waals surface area contributed by atoms with E-state index in [0.29, 0.717) is 18.1 Å². The summed E-state index contributed by atoms with van der Waals surface area (Å²) < 4.78 is 2.84. The van der Waals surface area contributed by atoms with Gasteiger partial charge < -0.3 is 4.57 Å². The van der Waals surface area contributed by atoms with Gasteiger partial charge in [-0.1, -0.05) is 0 Å². The summed E-state index contributed by atoms with van der Waals surface area (Å²) >= 11 is 0. The second kappa shape index (κ2) is 6.63. The molecule has 3 aromatic rings. The molecule has 11 heteroatoms. The first-order valence-corrected chi connectivity index (χ1v) is 7.65. The van der Waals surface area contributed by atoms with Gasteiger partial charge in [-0.2, -0.15) is 10.1 Å². The third-order valence-electron chi connectivity index (χ3n) is 3.81. The average molecular weight is 357 g/mol. The van der Waals surface area contributed by atoms with Crippen molar-refractivity contribution in [3.63, 3.8) is 0 Å². The molecule has 0 fully saturated rings. The first-order valence-electron chi connectivity index (χ1n) is 7.65. The zero-order chi connectivity index (χ0) is 18.8. The lowest BCUT2D eigenvalue weighted by Crippen LogP contribution is -2.29. The molecule has 134 valence electrons. The van der Waals surface area contributed by atoms with Gasteiger partial charge in [0.1, 0.15) is 0 Å². The predicted molar refractivity (Wildman–Crippen MR) is 95.6 cm³/mol. The molecule has 0 spiro atoms. The highest BCUT2D eigenvalue weighted by Crippen LogP contribution is 2.15. The lowest BCUT2D eigenvalue weighted by Gasteiger charge is -2.03. The van der Waals surface area contributed by atoms with Crippen molar-refractivity contribution in [1.29, 1.82) is 0 Å². The van der Waals surface area contributed by atoms with Gasteiger partial charge in [0, 0.05) is 25.7 Å². The summed E-state index contributed by atoms with van der Waals surface area (Å²) in [4.78, 5) is 40.4. The molecule has 11 nitrogen and oxygen atoms in total. The summed E-state index contributed by atoms with van der Waals surface area (Å²) in [6.07, 6.45) is 1.46. The number of hydrazone groups is 1. The summed E-state index contributed by atoms with van der Waals surface area (Å²) in [5.41, 5.74) is 2.80. The van der Waals surface area contributed by atoms with Crippen molar-refractivity contribution >= 4 is 29.0 Å². The molecule has 26 heavy (non-hydrogen) atoms. The van der Waals surface area contributed by atoms with E-state index in [1.807, 2.05) is 6.92 Å². The van der Waals surface area contributed by atoms with Crippen molar-refractivity contribution in [3.8, 4) is 0 Å². The summed E-state index contributed by atoms with van der Waals surface area (Å²) in [5, 5.41) is 14.7. The normalized spacial score (nSPS) is 11.3. The molecule has 0 saturated heterocycles. The van der Waals surface area contributed by atoms with Crippen molar-refractivity contribution in [3.05, 3.63) is 60.8 Å². The molecule has 0 amide bonds. The lowest BCUT2D eigenvalue weighted by atomic mass is 10.2. The topological polar surface area (TPSA) is 140 Å². The van der Waals surface area contributed by atoms with Crippen LogP contribution in [0, 0.1) is 10.1 Å². The predicted octanol–water partition coefficient (Wildman–Crippen LogP) is 0.797. The maximum absolute atomic E-state index is 12.1. The summed E-state index contributed by atoms with van der Waals surface area (Å²) in [6, 6.07) is 5.86. The molecule has 2 heterocycles. The van der Waals surface area contributed by atoms with Gasteiger partial charge in [0.2, 0.25) is 5.95 Å². The Morgan fingerprint density at radius 3 is 2.65 bits per heavy atom. The smallest absolute Gasteiger partial charge is 0.303 e. The zero-order valence-corrected chi connectivity index (χ0v) is 14.0. The van der Waals surface area contributed by atoms with E-state index >= 15 is 0 Å². The Bertz CT molecular complexity index is 1120. The summed E-state index contributed by atoms with van der Waals surface area (Å²) in [5.74, 6) is 0.298. The van der Waals surface area contributed by atoms with E-state index in [0.717, 1.165) is 0 Å². The quantitative estimate of drug-likeness (QED) is 0.393. The minimum Gasteiger partial charge on any atom is -0.303 e. The Kier molecular flexibility index (Phi) is 4.35. The highest BCUT2D eigenvalue weighted by atomic mass is 16.6. The van der Waals surface area contributed by atoms with Gasteiger partial charge >= 0.3 is 5.69 Å². The van der Waals surface area contributed by atoms with E-state index in [1.54, 1.807) is 16.7 Å². The van der Waals surface area contributed by atoms with E-state index in [9.17, 15) is 19.7 Å². The van der Waals surface area contributed by atoms with Gasteiger partial charge in [-0.25, -0.2) is 10.2 Å². The van der Waals surface area contributed by atoms with E-state index in [4.69, 9.17) is 0 Å². The number of hydrogen-bond donors (Lipinski definition) is 2. The highest BCUT2D eigenvalue weighted by molar-refractivity contribution is 5.81.